The molecule has 0 unspecified atom stereocenters. The summed E-state index contributed by atoms with van der Waals surface area (Å²) in [5.74, 6) is -4.51. The molecule has 12 heavy (non-hydrogen) atoms. The monoisotopic (exact) mass is 174 g/mol. The van der Waals surface area contributed by atoms with Crippen LogP contribution in [-0.2, 0) is 0 Å². The second-order valence-corrected chi connectivity index (χ2v) is 2.04. The van der Waals surface area contributed by atoms with E-state index in [2.05, 4.69) is 20.4 Å². The first-order chi connectivity index (χ1) is 5.70. The summed E-state index contributed by atoms with van der Waals surface area (Å²) in [6.07, 6.45) is 0. The molecule has 0 aliphatic carbocycles. The number of hydrogen-bond acceptors (Lipinski definition) is 3. The van der Waals surface area contributed by atoms with Crippen molar-refractivity contribution in [3.05, 3.63) is 17.6 Å². The summed E-state index contributed by atoms with van der Waals surface area (Å²) in [5.41, 5.74) is -0.625. The van der Waals surface area contributed by atoms with E-state index in [4.69, 9.17) is 0 Å². The standard InChI is InChI=1S/C5HF3N4/c6-1-2(7)4(8)9-5-3(1)10-12-11-5/h(H,9,10,11,12). The van der Waals surface area contributed by atoms with Crippen molar-refractivity contribution in [1.29, 1.82) is 0 Å². The molecule has 0 aliphatic heterocycles. The molecule has 0 aliphatic rings. The van der Waals surface area contributed by atoms with E-state index < -0.39 is 17.6 Å². The van der Waals surface area contributed by atoms with Crippen LogP contribution >= 0.6 is 0 Å². The van der Waals surface area contributed by atoms with Gasteiger partial charge in [0.1, 0.15) is 5.52 Å². The zero-order valence-electron chi connectivity index (χ0n) is 5.48. The van der Waals surface area contributed by atoms with Crippen molar-refractivity contribution < 1.29 is 13.2 Å². The number of pyridine rings is 1. The molecule has 0 amide bonds. The van der Waals surface area contributed by atoms with E-state index in [9.17, 15) is 13.2 Å². The fourth-order valence-corrected chi connectivity index (χ4v) is 0.790. The molecule has 0 fully saturated rings. The van der Waals surface area contributed by atoms with Crippen LogP contribution in [0.25, 0.3) is 11.2 Å². The average molecular weight is 174 g/mol. The van der Waals surface area contributed by atoms with Gasteiger partial charge in [0.15, 0.2) is 5.82 Å². The van der Waals surface area contributed by atoms with Crippen LogP contribution in [-0.4, -0.2) is 20.4 Å². The van der Waals surface area contributed by atoms with Gasteiger partial charge in [-0.2, -0.15) is 13.8 Å². The maximum Gasteiger partial charge on any atom is 0.254 e. The summed E-state index contributed by atoms with van der Waals surface area (Å²) in [4.78, 5) is 3.01. The van der Waals surface area contributed by atoms with Crippen molar-refractivity contribution in [2.45, 2.75) is 0 Å². The summed E-state index contributed by atoms with van der Waals surface area (Å²) in [5, 5.41) is 8.40. The van der Waals surface area contributed by atoms with Gasteiger partial charge in [-0.25, -0.2) is 4.39 Å². The van der Waals surface area contributed by atoms with Crippen LogP contribution in [0.15, 0.2) is 0 Å². The molecule has 62 valence electrons. The molecule has 0 radical (unpaired) electrons. The maximum atomic E-state index is 12.7. The summed E-state index contributed by atoms with van der Waals surface area (Å²) in [6.45, 7) is 0. The van der Waals surface area contributed by atoms with E-state index in [-0.39, 0.29) is 11.2 Å². The number of nitrogens with one attached hydrogen (secondary N) is 1. The molecule has 7 heteroatoms. The van der Waals surface area contributed by atoms with Gasteiger partial charge in [0.05, 0.1) is 0 Å². The molecule has 2 aromatic heterocycles. The molecular formula is C5HF3N4. The fraction of sp³-hybridized carbons (Fsp3) is 0. The third-order valence-electron chi connectivity index (χ3n) is 1.33. The maximum absolute atomic E-state index is 12.7. The van der Waals surface area contributed by atoms with Crippen molar-refractivity contribution in [1.82, 2.24) is 20.4 Å². The lowest BCUT2D eigenvalue weighted by Crippen LogP contribution is -1.95. The Morgan fingerprint density at radius 1 is 1.08 bits per heavy atom. The van der Waals surface area contributed by atoms with Gasteiger partial charge in [-0.05, 0) is 0 Å². The van der Waals surface area contributed by atoms with Crippen LogP contribution < -0.4 is 0 Å². The first-order valence-electron chi connectivity index (χ1n) is 2.91. The molecule has 0 aromatic carbocycles. The van der Waals surface area contributed by atoms with Gasteiger partial charge in [0.2, 0.25) is 11.5 Å². The molecular weight excluding hydrogens is 173 g/mol. The molecule has 0 bridgehead atoms. The highest BCUT2D eigenvalue weighted by Gasteiger charge is 2.16. The Bertz CT molecular complexity index is 437. The number of halogens is 3. The Balaban J connectivity index is 2.94. The van der Waals surface area contributed by atoms with Crippen LogP contribution in [0.5, 0.6) is 0 Å². The van der Waals surface area contributed by atoms with Crippen molar-refractivity contribution >= 4 is 11.2 Å². The minimum absolute atomic E-state index is 0.286. The number of nitrogens with zero attached hydrogens (tertiary/aromatic N) is 3. The summed E-state index contributed by atoms with van der Waals surface area (Å²) in [7, 11) is 0. The van der Waals surface area contributed by atoms with Gasteiger partial charge in [-0.3, -0.25) is 5.10 Å². The summed E-state index contributed by atoms with van der Waals surface area (Å²) < 4.78 is 37.6. The predicted molar refractivity (Wildman–Crippen MR) is 31.6 cm³/mol. The van der Waals surface area contributed by atoms with Crippen LogP contribution in [0.1, 0.15) is 0 Å². The van der Waals surface area contributed by atoms with Crippen molar-refractivity contribution in [2.75, 3.05) is 0 Å². The van der Waals surface area contributed by atoms with E-state index in [1.54, 1.807) is 0 Å². The van der Waals surface area contributed by atoms with Crippen molar-refractivity contribution in [3.8, 4) is 0 Å². The first-order valence-corrected chi connectivity index (χ1v) is 2.91. The van der Waals surface area contributed by atoms with Crippen LogP contribution in [0, 0.1) is 17.6 Å². The minimum Gasteiger partial charge on any atom is -0.253 e. The second kappa shape index (κ2) is 2.16. The van der Waals surface area contributed by atoms with Crippen LogP contribution in [0.4, 0.5) is 13.2 Å². The molecule has 2 heterocycles. The van der Waals surface area contributed by atoms with E-state index in [1.165, 1.54) is 0 Å². The van der Waals surface area contributed by atoms with Crippen LogP contribution in [0.3, 0.4) is 0 Å². The fourth-order valence-electron chi connectivity index (χ4n) is 0.790. The number of aromatic nitrogens is 4. The lowest BCUT2D eigenvalue weighted by molar-refractivity contribution is 0.434. The molecule has 0 atom stereocenters. The zero-order chi connectivity index (χ0) is 8.72. The SMILES string of the molecule is Fc1nc2nn[nH]c2c(F)c1F. The molecule has 0 spiro atoms. The summed E-state index contributed by atoms with van der Waals surface area (Å²) >= 11 is 0. The number of H-pyrrole nitrogens is 1. The number of fused-ring (bicyclic) bond motifs is 1. The van der Waals surface area contributed by atoms with E-state index in [1.807, 2.05) is 0 Å². The zero-order valence-corrected chi connectivity index (χ0v) is 5.48. The lowest BCUT2D eigenvalue weighted by atomic mass is 10.4. The molecule has 0 saturated carbocycles. The number of hydrogen-bond donors (Lipinski definition) is 1. The predicted octanol–water partition coefficient (Wildman–Crippen LogP) is 0.770. The molecule has 2 rings (SSSR count). The van der Waals surface area contributed by atoms with Crippen molar-refractivity contribution in [3.63, 3.8) is 0 Å². The quantitative estimate of drug-likeness (QED) is 0.600. The van der Waals surface area contributed by atoms with E-state index in [0.717, 1.165) is 0 Å². The van der Waals surface area contributed by atoms with Gasteiger partial charge in [-0.1, -0.05) is 5.21 Å². The Labute approximate surface area is 63.4 Å². The van der Waals surface area contributed by atoms with Gasteiger partial charge in [0.25, 0.3) is 5.95 Å². The lowest BCUT2D eigenvalue weighted by Gasteiger charge is -1.92. The van der Waals surface area contributed by atoms with Gasteiger partial charge < -0.3 is 0 Å². The highest BCUT2D eigenvalue weighted by atomic mass is 19.2. The largest absolute Gasteiger partial charge is 0.254 e. The molecule has 1 N–H and O–H groups in total. The first kappa shape index (κ1) is 7.01. The highest BCUT2D eigenvalue weighted by molar-refractivity contribution is 5.69. The van der Waals surface area contributed by atoms with Gasteiger partial charge >= 0.3 is 0 Å². The smallest absolute Gasteiger partial charge is 0.253 e. The second-order valence-electron chi connectivity index (χ2n) is 2.04. The normalized spacial score (nSPS) is 10.9. The Kier molecular flexibility index (Phi) is 1.26. The average Bonchev–Trinajstić information content (AvgIpc) is 2.48. The van der Waals surface area contributed by atoms with E-state index in [0.29, 0.717) is 0 Å². The van der Waals surface area contributed by atoms with Gasteiger partial charge in [-0.15, -0.1) is 5.10 Å². The third kappa shape index (κ3) is 0.758. The summed E-state index contributed by atoms with van der Waals surface area (Å²) in [6, 6.07) is 0. The topological polar surface area (TPSA) is 54.5 Å². The molecule has 4 nitrogen and oxygen atoms in total. The number of rotatable bonds is 0. The number of aromatic amines is 1. The van der Waals surface area contributed by atoms with Gasteiger partial charge in [0, 0.05) is 0 Å². The van der Waals surface area contributed by atoms with Crippen molar-refractivity contribution in [2.24, 2.45) is 0 Å². The minimum atomic E-state index is -1.63. The Morgan fingerprint density at radius 3 is 2.58 bits per heavy atom. The molecule has 0 saturated heterocycles. The Morgan fingerprint density at radius 2 is 1.83 bits per heavy atom. The van der Waals surface area contributed by atoms with Crippen LogP contribution in [0.2, 0.25) is 0 Å². The Hall–Kier alpha value is -1.66. The highest BCUT2D eigenvalue weighted by Crippen LogP contribution is 2.15. The third-order valence-corrected chi connectivity index (χ3v) is 1.33. The van der Waals surface area contributed by atoms with E-state index >= 15 is 0 Å². The molecule has 2 aromatic rings.